The number of rotatable bonds is 5. The zero-order valence-electron chi connectivity index (χ0n) is 10.6. The fraction of sp³-hybridized carbons (Fsp3) is 0.667. The normalized spacial score (nSPS) is 21.1. The third-order valence-corrected chi connectivity index (χ3v) is 3.38. The first-order valence-corrected chi connectivity index (χ1v) is 6.32. The molecule has 1 aromatic rings. The Morgan fingerprint density at radius 3 is 3.06 bits per heavy atom. The van der Waals surface area contributed by atoms with Crippen molar-refractivity contribution in [2.24, 2.45) is 0 Å². The maximum Gasteiger partial charge on any atom is 0.433 e. The van der Waals surface area contributed by atoms with Crippen molar-refractivity contribution < 1.29 is 9.34 Å². The lowest BCUT2D eigenvalue weighted by molar-refractivity contribution is -0.402. The van der Waals surface area contributed by atoms with Crippen molar-refractivity contribution in [3.05, 3.63) is 28.0 Å². The first kappa shape index (κ1) is 13.0. The number of piperidine rings is 1. The molecule has 1 aromatic heterocycles. The summed E-state index contributed by atoms with van der Waals surface area (Å²) in [5.74, 6) is 0.497. The minimum atomic E-state index is -0.495. The zero-order valence-corrected chi connectivity index (χ0v) is 10.6. The zero-order chi connectivity index (χ0) is 13.0. The molecule has 0 saturated carbocycles. The summed E-state index contributed by atoms with van der Waals surface area (Å²) in [6, 6.07) is 3.61. The monoisotopic (exact) mass is 253 g/mol. The fourth-order valence-electron chi connectivity index (χ4n) is 2.48. The van der Waals surface area contributed by atoms with Crippen molar-refractivity contribution >= 4 is 5.88 Å². The molecule has 0 bridgehead atoms. The molecule has 0 radical (unpaired) electrons. The van der Waals surface area contributed by atoms with Crippen LogP contribution in [0.25, 0.3) is 0 Å². The van der Waals surface area contributed by atoms with Gasteiger partial charge in [-0.05, 0) is 32.5 Å². The van der Waals surface area contributed by atoms with Crippen LogP contribution in [-0.4, -0.2) is 36.0 Å². The van der Waals surface area contributed by atoms with Crippen molar-refractivity contribution in [2.75, 3.05) is 20.1 Å². The Bertz CT molecular complexity index is 403. The van der Waals surface area contributed by atoms with E-state index in [1.54, 1.807) is 6.07 Å². The number of hydrogen-bond donors (Lipinski definition) is 1. The topological polar surface area (TPSA) is 71.5 Å². The van der Waals surface area contributed by atoms with Crippen LogP contribution in [0.1, 0.15) is 25.0 Å². The van der Waals surface area contributed by atoms with Crippen LogP contribution in [0.15, 0.2) is 16.5 Å². The lowest BCUT2D eigenvalue weighted by Gasteiger charge is -2.34. The molecule has 1 fully saturated rings. The van der Waals surface area contributed by atoms with Gasteiger partial charge in [0.15, 0.2) is 0 Å². The van der Waals surface area contributed by atoms with Gasteiger partial charge >= 0.3 is 5.88 Å². The van der Waals surface area contributed by atoms with Crippen LogP contribution < -0.4 is 5.32 Å². The Morgan fingerprint density at radius 2 is 2.39 bits per heavy atom. The molecular formula is C12H19N3O3. The van der Waals surface area contributed by atoms with Crippen LogP contribution in [0.2, 0.25) is 0 Å². The van der Waals surface area contributed by atoms with Gasteiger partial charge in [-0.15, -0.1) is 0 Å². The number of nitro groups is 1. The van der Waals surface area contributed by atoms with Gasteiger partial charge in [-0.3, -0.25) is 15.0 Å². The molecule has 18 heavy (non-hydrogen) atoms. The molecule has 1 atom stereocenters. The van der Waals surface area contributed by atoms with Crippen LogP contribution in [0, 0.1) is 10.1 Å². The van der Waals surface area contributed by atoms with E-state index in [0.29, 0.717) is 18.3 Å². The number of nitrogens with zero attached hydrogens (tertiary/aromatic N) is 2. The summed E-state index contributed by atoms with van der Waals surface area (Å²) in [6.07, 6.45) is 3.60. The van der Waals surface area contributed by atoms with Crippen molar-refractivity contribution in [3.63, 3.8) is 0 Å². The van der Waals surface area contributed by atoms with E-state index in [-0.39, 0.29) is 5.88 Å². The summed E-state index contributed by atoms with van der Waals surface area (Å²) in [4.78, 5) is 12.4. The van der Waals surface area contributed by atoms with Gasteiger partial charge in [-0.2, -0.15) is 0 Å². The van der Waals surface area contributed by atoms with E-state index in [9.17, 15) is 10.1 Å². The highest BCUT2D eigenvalue weighted by Gasteiger charge is 2.23. The SMILES string of the molecule is CNCC1CCCCN1Cc1ccc([N+](=O)[O-])o1. The summed E-state index contributed by atoms with van der Waals surface area (Å²) in [7, 11) is 1.95. The summed E-state index contributed by atoms with van der Waals surface area (Å²) in [5, 5.41) is 13.8. The van der Waals surface area contributed by atoms with Gasteiger partial charge < -0.3 is 9.73 Å². The van der Waals surface area contributed by atoms with Crippen molar-refractivity contribution in [1.29, 1.82) is 0 Å². The molecule has 0 aliphatic carbocycles. The molecule has 2 heterocycles. The summed E-state index contributed by atoms with van der Waals surface area (Å²) in [6.45, 7) is 2.63. The largest absolute Gasteiger partial charge is 0.433 e. The number of hydrogen-bond acceptors (Lipinski definition) is 5. The molecular weight excluding hydrogens is 234 g/mol. The molecule has 1 saturated heterocycles. The van der Waals surface area contributed by atoms with Gasteiger partial charge in [-0.25, -0.2) is 0 Å². The van der Waals surface area contributed by atoms with Crippen molar-refractivity contribution in [2.45, 2.75) is 31.8 Å². The van der Waals surface area contributed by atoms with Crippen molar-refractivity contribution in [3.8, 4) is 0 Å². The van der Waals surface area contributed by atoms with Crippen LogP contribution >= 0.6 is 0 Å². The first-order chi connectivity index (χ1) is 8.70. The Morgan fingerprint density at radius 1 is 1.56 bits per heavy atom. The van der Waals surface area contributed by atoms with E-state index in [2.05, 4.69) is 10.2 Å². The summed E-state index contributed by atoms with van der Waals surface area (Å²) in [5.41, 5.74) is 0. The number of likely N-dealkylation sites (tertiary alicyclic amines) is 1. The molecule has 0 amide bonds. The molecule has 1 unspecified atom stereocenters. The van der Waals surface area contributed by atoms with E-state index >= 15 is 0 Å². The molecule has 1 aliphatic rings. The van der Waals surface area contributed by atoms with Crippen molar-refractivity contribution in [1.82, 2.24) is 10.2 Å². The molecule has 1 N–H and O–H groups in total. The third-order valence-electron chi connectivity index (χ3n) is 3.38. The van der Waals surface area contributed by atoms with E-state index in [0.717, 1.165) is 13.1 Å². The van der Waals surface area contributed by atoms with Crippen LogP contribution in [0.5, 0.6) is 0 Å². The van der Waals surface area contributed by atoms with E-state index in [1.165, 1.54) is 25.3 Å². The maximum absolute atomic E-state index is 10.6. The van der Waals surface area contributed by atoms with Gasteiger partial charge in [0.05, 0.1) is 12.6 Å². The van der Waals surface area contributed by atoms with Gasteiger partial charge in [0.25, 0.3) is 0 Å². The van der Waals surface area contributed by atoms with Crippen LogP contribution in [0.3, 0.4) is 0 Å². The highest BCUT2D eigenvalue weighted by Crippen LogP contribution is 2.22. The van der Waals surface area contributed by atoms with Gasteiger partial charge in [0.2, 0.25) is 0 Å². The number of likely N-dealkylation sites (N-methyl/N-ethyl adjacent to an activating group) is 1. The number of nitrogens with one attached hydrogen (secondary N) is 1. The second-order valence-electron chi connectivity index (χ2n) is 4.67. The summed E-state index contributed by atoms with van der Waals surface area (Å²) < 4.78 is 5.21. The minimum Gasteiger partial charge on any atom is -0.404 e. The highest BCUT2D eigenvalue weighted by molar-refractivity contribution is 5.17. The fourth-order valence-corrected chi connectivity index (χ4v) is 2.48. The van der Waals surface area contributed by atoms with Crippen LogP contribution in [-0.2, 0) is 6.54 Å². The van der Waals surface area contributed by atoms with E-state index in [4.69, 9.17) is 4.42 Å². The Kier molecular flexibility index (Phi) is 4.33. The second kappa shape index (κ2) is 5.97. The number of furan rings is 1. The van der Waals surface area contributed by atoms with Gasteiger partial charge in [-0.1, -0.05) is 6.42 Å². The molecule has 100 valence electrons. The minimum absolute atomic E-state index is 0.174. The van der Waals surface area contributed by atoms with Gasteiger partial charge in [0.1, 0.15) is 10.7 Å². The smallest absolute Gasteiger partial charge is 0.404 e. The predicted octanol–water partition coefficient (Wildman–Crippen LogP) is 1.76. The summed E-state index contributed by atoms with van der Waals surface area (Å²) >= 11 is 0. The second-order valence-corrected chi connectivity index (χ2v) is 4.67. The Labute approximate surface area is 106 Å². The van der Waals surface area contributed by atoms with Crippen LogP contribution in [0.4, 0.5) is 5.88 Å². The lowest BCUT2D eigenvalue weighted by atomic mass is 10.0. The molecule has 0 aromatic carbocycles. The Hall–Kier alpha value is -1.40. The molecule has 2 rings (SSSR count). The standard InChI is InChI=1S/C12H19N3O3/c1-13-8-10-4-2-3-7-14(10)9-11-5-6-12(18-11)15(16)17/h5-6,10,13H,2-4,7-9H2,1H3. The Balaban J connectivity index is 1.99. The molecule has 1 aliphatic heterocycles. The highest BCUT2D eigenvalue weighted by atomic mass is 16.6. The average molecular weight is 253 g/mol. The lowest BCUT2D eigenvalue weighted by Crippen LogP contribution is -2.44. The molecule has 6 heteroatoms. The quantitative estimate of drug-likeness (QED) is 0.639. The predicted molar refractivity (Wildman–Crippen MR) is 67.3 cm³/mol. The average Bonchev–Trinajstić information content (AvgIpc) is 2.81. The maximum atomic E-state index is 10.6. The van der Waals surface area contributed by atoms with E-state index in [1.807, 2.05) is 7.05 Å². The van der Waals surface area contributed by atoms with Gasteiger partial charge in [0, 0.05) is 12.6 Å². The molecule has 6 nitrogen and oxygen atoms in total. The molecule has 0 spiro atoms. The van der Waals surface area contributed by atoms with E-state index < -0.39 is 4.92 Å². The first-order valence-electron chi connectivity index (χ1n) is 6.32. The third kappa shape index (κ3) is 3.08.